The molecular formula is C23H20ClF3N6O2. The van der Waals surface area contributed by atoms with E-state index in [0.29, 0.717) is 16.8 Å². The molecule has 2 aromatic heterocycles. The highest BCUT2D eigenvalue weighted by molar-refractivity contribution is 6.31. The van der Waals surface area contributed by atoms with Gasteiger partial charge in [-0.25, -0.2) is 18.0 Å². The van der Waals surface area contributed by atoms with Crippen LogP contribution in [0.4, 0.5) is 18.0 Å². The zero-order chi connectivity index (χ0) is 25.0. The summed E-state index contributed by atoms with van der Waals surface area (Å²) in [6.45, 7) is 0.538. The smallest absolute Gasteiger partial charge is 0.315 e. The van der Waals surface area contributed by atoms with Gasteiger partial charge in [0.25, 0.3) is 11.8 Å². The summed E-state index contributed by atoms with van der Waals surface area (Å²) in [4.78, 5) is 30.9. The molecule has 3 amide bonds. The van der Waals surface area contributed by atoms with Crippen molar-refractivity contribution in [3.05, 3.63) is 70.4 Å². The Balaban J connectivity index is 1.59. The van der Waals surface area contributed by atoms with Gasteiger partial charge in [0.2, 0.25) is 0 Å². The first-order valence-corrected chi connectivity index (χ1v) is 11.2. The fraction of sp³-hybridized carbons (Fsp3) is 0.304. The predicted molar refractivity (Wildman–Crippen MR) is 120 cm³/mol. The van der Waals surface area contributed by atoms with Gasteiger partial charge in [0, 0.05) is 37.3 Å². The molecule has 8 nitrogen and oxygen atoms in total. The number of urea groups is 1. The predicted octanol–water partition coefficient (Wildman–Crippen LogP) is 3.69. The van der Waals surface area contributed by atoms with E-state index in [1.807, 2.05) is 0 Å². The summed E-state index contributed by atoms with van der Waals surface area (Å²) in [6.07, 6.45) is 1.77. The van der Waals surface area contributed by atoms with Gasteiger partial charge in [-0.2, -0.15) is 5.10 Å². The molecule has 12 heteroatoms. The molecule has 0 unspecified atom stereocenters. The molecule has 0 bridgehead atoms. The average Bonchev–Trinajstić information content (AvgIpc) is 3.19. The molecule has 182 valence electrons. The zero-order valence-corrected chi connectivity index (χ0v) is 19.0. The van der Waals surface area contributed by atoms with Crippen LogP contribution in [0.3, 0.4) is 0 Å². The lowest BCUT2D eigenvalue weighted by Crippen LogP contribution is -2.60. The van der Waals surface area contributed by atoms with Crippen molar-refractivity contribution >= 4 is 23.5 Å². The normalized spacial score (nSPS) is 17.9. The van der Waals surface area contributed by atoms with Gasteiger partial charge < -0.3 is 16.0 Å². The van der Waals surface area contributed by atoms with Crippen LogP contribution in [0.25, 0.3) is 11.3 Å². The van der Waals surface area contributed by atoms with Crippen LogP contribution in [0.1, 0.15) is 34.5 Å². The second-order valence-corrected chi connectivity index (χ2v) is 9.18. The van der Waals surface area contributed by atoms with Crippen molar-refractivity contribution in [1.29, 1.82) is 0 Å². The maximum absolute atomic E-state index is 14.1. The first-order valence-electron chi connectivity index (χ1n) is 10.8. The van der Waals surface area contributed by atoms with E-state index < -0.39 is 42.1 Å². The van der Waals surface area contributed by atoms with Gasteiger partial charge in [-0.1, -0.05) is 17.7 Å². The lowest BCUT2D eigenvalue weighted by atomic mass is 9.69. The Bertz CT molecular complexity index is 1320. The van der Waals surface area contributed by atoms with Crippen LogP contribution in [-0.2, 0) is 18.6 Å². The van der Waals surface area contributed by atoms with E-state index in [0.717, 1.165) is 6.07 Å². The first-order chi connectivity index (χ1) is 16.6. The molecule has 1 aliphatic carbocycles. The third-order valence-corrected chi connectivity index (χ3v) is 6.69. The van der Waals surface area contributed by atoms with Gasteiger partial charge >= 0.3 is 6.03 Å². The summed E-state index contributed by atoms with van der Waals surface area (Å²) in [5.74, 6) is -4.25. The highest BCUT2D eigenvalue weighted by atomic mass is 35.5. The number of carbonyl (C=O) groups excluding carboxylic acids is 2. The Labute approximate surface area is 202 Å². The number of nitrogens with one attached hydrogen (secondary N) is 1. The van der Waals surface area contributed by atoms with E-state index in [4.69, 9.17) is 17.3 Å². The summed E-state index contributed by atoms with van der Waals surface area (Å²) in [7, 11) is 0. The number of nitrogens with zero attached hydrogens (tertiary/aromatic N) is 4. The number of rotatable bonds is 4. The molecular weight excluding hydrogens is 485 g/mol. The average molecular weight is 505 g/mol. The van der Waals surface area contributed by atoms with Gasteiger partial charge in [-0.05, 0) is 29.8 Å². The number of fused-ring (bicyclic) bond motifs is 1. The number of aromatic nitrogens is 3. The molecule has 0 spiro atoms. The van der Waals surface area contributed by atoms with Crippen LogP contribution in [-0.4, -0.2) is 44.1 Å². The molecule has 0 radical (unpaired) electrons. The van der Waals surface area contributed by atoms with Gasteiger partial charge in [-0.3, -0.25) is 14.5 Å². The molecule has 35 heavy (non-hydrogen) atoms. The molecule has 0 atom stereocenters. The molecule has 0 saturated heterocycles. The van der Waals surface area contributed by atoms with Gasteiger partial charge in [-0.15, -0.1) is 0 Å². The van der Waals surface area contributed by atoms with E-state index >= 15 is 0 Å². The molecule has 3 aromatic rings. The number of nitrogens with two attached hydrogens (primary N) is 1. The molecule has 1 saturated carbocycles. The third kappa shape index (κ3) is 4.09. The van der Waals surface area contributed by atoms with Gasteiger partial charge in [0.1, 0.15) is 11.5 Å². The molecule has 2 aliphatic rings. The summed E-state index contributed by atoms with van der Waals surface area (Å²) >= 11 is 5.97. The number of halogens is 4. The van der Waals surface area contributed by atoms with Crippen molar-refractivity contribution in [1.82, 2.24) is 25.0 Å². The monoisotopic (exact) mass is 504 g/mol. The topological polar surface area (TPSA) is 106 Å². The fourth-order valence-electron chi connectivity index (χ4n) is 4.71. The maximum Gasteiger partial charge on any atom is 0.315 e. The Morgan fingerprint density at radius 2 is 1.94 bits per heavy atom. The number of benzene rings is 1. The van der Waals surface area contributed by atoms with Gasteiger partial charge in [0.05, 0.1) is 34.9 Å². The fourth-order valence-corrected chi connectivity index (χ4v) is 4.89. The summed E-state index contributed by atoms with van der Waals surface area (Å²) in [6, 6.07) is 6.48. The van der Waals surface area contributed by atoms with Crippen molar-refractivity contribution in [3.8, 4) is 11.3 Å². The number of hydrogen-bond donors (Lipinski definition) is 2. The second-order valence-electron chi connectivity index (χ2n) is 8.77. The maximum atomic E-state index is 14.1. The number of carbonyl (C=O) groups is 2. The van der Waals surface area contributed by atoms with Crippen LogP contribution < -0.4 is 11.1 Å². The minimum Gasteiger partial charge on any atom is -0.351 e. The van der Waals surface area contributed by atoms with Crippen LogP contribution in [0, 0.1) is 5.82 Å². The number of amides is 3. The van der Waals surface area contributed by atoms with Gasteiger partial charge in [0.15, 0.2) is 0 Å². The molecule has 1 aliphatic heterocycles. The molecule has 3 heterocycles. The van der Waals surface area contributed by atoms with Crippen LogP contribution >= 0.6 is 11.6 Å². The summed E-state index contributed by atoms with van der Waals surface area (Å²) in [5.41, 5.74) is 5.59. The van der Waals surface area contributed by atoms with E-state index in [-0.39, 0.29) is 35.9 Å². The number of pyridine rings is 1. The highest BCUT2D eigenvalue weighted by Gasteiger charge is 2.58. The number of primary amides is 1. The van der Waals surface area contributed by atoms with E-state index in [1.54, 1.807) is 16.8 Å². The zero-order valence-electron chi connectivity index (χ0n) is 18.3. The Hall–Kier alpha value is -3.60. The van der Waals surface area contributed by atoms with Crippen molar-refractivity contribution in [2.75, 3.05) is 6.54 Å². The quantitative estimate of drug-likeness (QED) is 0.565. The summed E-state index contributed by atoms with van der Waals surface area (Å²) < 4.78 is 43.5. The largest absolute Gasteiger partial charge is 0.351 e. The lowest BCUT2D eigenvalue weighted by molar-refractivity contribution is -0.134. The van der Waals surface area contributed by atoms with E-state index in [2.05, 4.69) is 15.4 Å². The molecule has 1 fully saturated rings. The highest BCUT2D eigenvalue weighted by Crippen LogP contribution is 2.51. The Morgan fingerprint density at radius 1 is 1.17 bits per heavy atom. The Morgan fingerprint density at radius 3 is 2.57 bits per heavy atom. The number of hydrogen-bond acceptors (Lipinski definition) is 4. The van der Waals surface area contributed by atoms with Crippen LogP contribution in [0.2, 0.25) is 5.02 Å². The minimum atomic E-state index is -2.95. The van der Waals surface area contributed by atoms with E-state index in [9.17, 15) is 22.8 Å². The van der Waals surface area contributed by atoms with Crippen LogP contribution in [0.15, 0.2) is 42.7 Å². The van der Waals surface area contributed by atoms with Crippen molar-refractivity contribution in [2.24, 2.45) is 5.73 Å². The van der Waals surface area contributed by atoms with Crippen molar-refractivity contribution < 1.29 is 22.8 Å². The molecule has 3 N–H and O–H groups in total. The summed E-state index contributed by atoms with van der Waals surface area (Å²) in [5, 5.41) is 7.13. The lowest BCUT2D eigenvalue weighted by Gasteiger charge is -2.48. The SMILES string of the molecule is NC(=O)N1CCn2nc(-c3ccc(F)c(Cl)c3)c(C(=O)NC3(c4cccnc4)CC(F)(F)C3)c2C1. The molecule has 5 rings (SSSR count). The third-order valence-electron chi connectivity index (χ3n) is 6.40. The molecule has 1 aromatic carbocycles. The second kappa shape index (κ2) is 8.26. The van der Waals surface area contributed by atoms with Crippen molar-refractivity contribution in [2.45, 2.75) is 37.4 Å². The van der Waals surface area contributed by atoms with Crippen LogP contribution in [0.5, 0.6) is 0 Å². The minimum absolute atomic E-state index is 0.00390. The Kier molecular flexibility index (Phi) is 5.47. The number of alkyl halides is 2. The van der Waals surface area contributed by atoms with E-state index in [1.165, 1.54) is 29.4 Å². The van der Waals surface area contributed by atoms with Crippen molar-refractivity contribution in [3.63, 3.8) is 0 Å². The first kappa shape index (κ1) is 23.2. The standard InChI is InChI=1S/C23H20ClF3N6O2/c24-15-8-13(3-4-16(15)25)19-18(17-10-32(21(28)35)6-7-33(17)31-19)20(34)30-22(11-23(26,27)12-22)14-2-1-5-29-9-14/h1-5,8-9H,6-7,10-12H2,(H2,28,35)(H,30,34).